The van der Waals surface area contributed by atoms with Crippen LogP contribution in [0.1, 0.15) is 45.1 Å². The van der Waals surface area contributed by atoms with Gasteiger partial charge in [0, 0.05) is 5.69 Å². The Hall–Kier alpha value is -1.35. The summed E-state index contributed by atoms with van der Waals surface area (Å²) in [5.41, 5.74) is 7.90. The third-order valence-corrected chi connectivity index (χ3v) is 2.98. The molecule has 3 heteroatoms. The molecule has 0 saturated carbocycles. The standard InChI is InChI=1S/C15H24N2O/c1-3-5-7-12-8-10-13(11-9-12)17-15(18)14(16)6-4-2/h8-11,14H,3-7,16H2,1-2H3,(H,17,18)/t14-/m1/s1. The molecule has 0 aliphatic heterocycles. The molecule has 1 amide bonds. The van der Waals surface area contributed by atoms with E-state index in [0.717, 1.165) is 24.9 Å². The zero-order valence-corrected chi connectivity index (χ0v) is 11.4. The zero-order chi connectivity index (χ0) is 13.4. The van der Waals surface area contributed by atoms with E-state index in [4.69, 9.17) is 5.73 Å². The molecule has 0 bridgehead atoms. The second-order valence-corrected chi connectivity index (χ2v) is 4.68. The Kier molecular flexibility index (Phi) is 6.44. The van der Waals surface area contributed by atoms with E-state index in [0.29, 0.717) is 0 Å². The van der Waals surface area contributed by atoms with Gasteiger partial charge in [0.05, 0.1) is 6.04 Å². The number of hydrogen-bond donors (Lipinski definition) is 2. The van der Waals surface area contributed by atoms with Crippen LogP contribution in [0.3, 0.4) is 0 Å². The fraction of sp³-hybridized carbons (Fsp3) is 0.533. The number of aryl methyl sites for hydroxylation is 1. The lowest BCUT2D eigenvalue weighted by Crippen LogP contribution is -2.35. The predicted molar refractivity (Wildman–Crippen MR) is 76.6 cm³/mol. The van der Waals surface area contributed by atoms with Gasteiger partial charge in [-0.1, -0.05) is 38.8 Å². The second kappa shape index (κ2) is 7.88. The molecule has 1 atom stereocenters. The quantitative estimate of drug-likeness (QED) is 0.779. The Morgan fingerprint density at radius 3 is 2.44 bits per heavy atom. The molecule has 0 heterocycles. The zero-order valence-electron chi connectivity index (χ0n) is 11.4. The summed E-state index contributed by atoms with van der Waals surface area (Å²) in [7, 11) is 0. The van der Waals surface area contributed by atoms with Crippen molar-refractivity contribution in [3.8, 4) is 0 Å². The minimum atomic E-state index is -0.408. The molecule has 0 fully saturated rings. The molecule has 0 saturated heterocycles. The fourth-order valence-corrected chi connectivity index (χ4v) is 1.81. The van der Waals surface area contributed by atoms with Gasteiger partial charge in [-0.05, 0) is 37.0 Å². The molecule has 0 aromatic heterocycles. The van der Waals surface area contributed by atoms with E-state index in [-0.39, 0.29) is 5.91 Å². The molecule has 0 radical (unpaired) electrons. The van der Waals surface area contributed by atoms with E-state index in [1.165, 1.54) is 18.4 Å². The monoisotopic (exact) mass is 248 g/mol. The predicted octanol–water partition coefficient (Wildman–Crippen LogP) is 3.10. The largest absolute Gasteiger partial charge is 0.325 e. The molecular formula is C15H24N2O. The van der Waals surface area contributed by atoms with Crippen molar-refractivity contribution in [2.45, 2.75) is 52.0 Å². The van der Waals surface area contributed by atoms with Crippen LogP contribution in [0.25, 0.3) is 0 Å². The van der Waals surface area contributed by atoms with Crippen LogP contribution in [0, 0.1) is 0 Å². The van der Waals surface area contributed by atoms with Gasteiger partial charge in [-0.3, -0.25) is 4.79 Å². The van der Waals surface area contributed by atoms with Crippen molar-refractivity contribution in [1.29, 1.82) is 0 Å². The first-order valence-electron chi connectivity index (χ1n) is 6.82. The van der Waals surface area contributed by atoms with Crippen LogP contribution in [-0.4, -0.2) is 11.9 Å². The highest BCUT2D eigenvalue weighted by Gasteiger charge is 2.11. The number of carbonyl (C=O) groups is 1. The van der Waals surface area contributed by atoms with Crippen LogP contribution >= 0.6 is 0 Å². The smallest absolute Gasteiger partial charge is 0.241 e. The number of nitrogens with two attached hydrogens (primary N) is 1. The minimum absolute atomic E-state index is 0.0989. The number of carbonyl (C=O) groups excluding carboxylic acids is 1. The highest BCUT2D eigenvalue weighted by molar-refractivity contribution is 5.94. The Balaban J connectivity index is 2.50. The number of nitrogens with one attached hydrogen (secondary N) is 1. The first-order chi connectivity index (χ1) is 8.67. The van der Waals surface area contributed by atoms with Gasteiger partial charge in [0.2, 0.25) is 5.91 Å². The van der Waals surface area contributed by atoms with Gasteiger partial charge in [-0.2, -0.15) is 0 Å². The van der Waals surface area contributed by atoms with Gasteiger partial charge in [-0.15, -0.1) is 0 Å². The summed E-state index contributed by atoms with van der Waals surface area (Å²) >= 11 is 0. The van der Waals surface area contributed by atoms with Gasteiger partial charge in [0.15, 0.2) is 0 Å². The van der Waals surface area contributed by atoms with Crippen molar-refractivity contribution in [3.63, 3.8) is 0 Å². The maximum atomic E-state index is 11.7. The van der Waals surface area contributed by atoms with E-state index in [2.05, 4.69) is 24.4 Å². The Morgan fingerprint density at radius 2 is 1.89 bits per heavy atom. The molecule has 1 aromatic rings. The number of rotatable bonds is 7. The molecular weight excluding hydrogens is 224 g/mol. The SMILES string of the molecule is CCCCc1ccc(NC(=O)[C@H](N)CCC)cc1. The second-order valence-electron chi connectivity index (χ2n) is 4.68. The molecule has 100 valence electrons. The number of amides is 1. The highest BCUT2D eigenvalue weighted by Crippen LogP contribution is 2.12. The van der Waals surface area contributed by atoms with E-state index in [1.807, 2.05) is 19.1 Å². The van der Waals surface area contributed by atoms with Gasteiger partial charge in [0.25, 0.3) is 0 Å². The molecule has 0 unspecified atom stereocenters. The fourth-order valence-electron chi connectivity index (χ4n) is 1.81. The third kappa shape index (κ3) is 4.88. The molecule has 18 heavy (non-hydrogen) atoms. The Morgan fingerprint density at radius 1 is 1.22 bits per heavy atom. The first-order valence-corrected chi connectivity index (χ1v) is 6.82. The summed E-state index contributed by atoms with van der Waals surface area (Å²) in [4.78, 5) is 11.7. The van der Waals surface area contributed by atoms with Gasteiger partial charge in [-0.25, -0.2) is 0 Å². The van der Waals surface area contributed by atoms with Crippen molar-refractivity contribution in [3.05, 3.63) is 29.8 Å². The van der Waals surface area contributed by atoms with Crippen LogP contribution in [-0.2, 0) is 11.2 Å². The average molecular weight is 248 g/mol. The summed E-state index contributed by atoms with van der Waals surface area (Å²) in [6, 6.07) is 7.62. The van der Waals surface area contributed by atoms with Crippen molar-refractivity contribution >= 4 is 11.6 Å². The van der Waals surface area contributed by atoms with Gasteiger partial charge in [0.1, 0.15) is 0 Å². The normalized spacial score (nSPS) is 12.2. The molecule has 0 aliphatic carbocycles. The van der Waals surface area contributed by atoms with Crippen molar-refractivity contribution < 1.29 is 4.79 Å². The number of anilines is 1. The average Bonchev–Trinajstić information content (AvgIpc) is 2.38. The molecule has 0 aliphatic rings. The third-order valence-electron chi connectivity index (χ3n) is 2.98. The Labute approximate surface area is 110 Å². The van der Waals surface area contributed by atoms with Crippen LogP contribution < -0.4 is 11.1 Å². The van der Waals surface area contributed by atoms with E-state index >= 15 is 0 Å². The molecule has 3 N–H and O–H groups in total. The molecule has 1 rings (SSSR count). The highest BCUT2D eigenvalue weighted by atomic mass is 16.2. The first kappa shape index (κ1) is 14.7. The van der Waals surface area contributed by atoms with E-state index < -0.39 is 6.04 Å². The molecule has 1 aromatic carbocycles. The van der Waals surface area contributed by atoms with Crippen LogP contribution in [0.5, 0.6) is 0 Å². The summed E-state index contributed by atoms with van der Waals surface area (Å²) < 4.78 is 0. The summed E-state index contributed by atoms with van der Waals surface area (Å²) in [5.74, 6) is -0.0989. The lowest BCUT2D eigenvalue weighted by molar-refractivity contribution is -0.117. The minimum Gasteiger partial charge on any atom is -0.325 e. The van der Waals surface area contributed by atoms with Gasteiger partial charge >= 0.3 is 0 Å². The topological polar surface area (TPSA) is 55.1 Å². The number of unbranched alkanes of at least 4 members (excludes halogenated alkanes) is 1. The Bertz CT molecular complexity index is 359. The van der Waals surface area contributed by atoms with Crippen molar-refractivity contribution in [1.82, 2.24) is 0 Å². The number of hydrogen-bond acceptors (Lipinski definition) is 2. The number of benzene rings is 1. The van der Waals surface area contributed by atoms with Crippen LogP contribution in [0.4, 0.5) is 5.69 Å². The van der Waals surface area contributed by atoms with Crippen LogP contribution in [0.15, 0.2) is 24.3 Å². The van der Waals surface area contributed by atoms with Crippen molar-refractivity contribution in [2.24, 2.45) is 5.73 Å². The summed E-state index contributed by atoms with van der Waals surface area (Å²) in [6.07, 6.45) is 5.14. The molecule has 0 spiro atoms. The van der Waals surface area contributed by atoms with Crippen LogP contribution in [0.2, 0.25) is 0 Å². The maximum absolute atomic E-state index is 11.7. The summed E-state index contributed by atoms with van der Waals surface area (Å²) in [6.45, 7) is 4.21. The maximum Gasteiger partial charge on any atom is 0.241 e. The van der Waals surface area contributed by atoms with E-state index in [9.17, 15) is 4.79 Å². The van der Waals surface area contributed by atoms with E-state index in [1.54, 1.807) is 0 Å². The summed E-state index contributed by atoms with van der Waals surface area (Å²) in [5, 5.41) is 2.85. The van der Waals surface area contributed by atoms with Crippen molar-refractivity contribution in [2.75, 3.05) is 5.32 Å². The lowest BCUT2D eigenvalue weighted by Gasteiger charge is -2.11. The lowest BCUT2D eigenvalue weighted by atomic mass is 10.1. The molecule has 3 nitrogen and oxygen atoms in total. The van der Waals surface area contributed by atoms with Gasteiger partial charge < -0.3 is 11.1 Å².